The topological polar surface area (TPSA) is 66.8 Å². The van der Waals surface area contributed by atoms with Crippen LogP contribution < -0.4 is 9.64 Å². The quantitative estimate of drug-likeness (QED) is 0.277. The van der Waals surface area contributed by atoms with Gasteiger partial charge in [0.05, 0.1) is 18.2 Å². The highest BCUT2D eigenvalue weighted by Gasteiger charge is 2.47. The van der Waals surface area contributed by atoms with E-state index in [0.717, 1.165) is 40.8 Å². The first kappa shape index (κ1) is 23.9. The lowest BCUT2D eigenvalue weighted by atomic mass is 9.87. The predicted octanol–water partition coefficient (Wildman–Crippen LogP) is 6.11. The number of amides is 1. The summed E-state index contributed by atoms with van der Waals surface area (Å²) in [7, 11) is 0. The summed E-state index contributed by atoms with van der Waals surface area (Å²) in [5.74, 6) is -0.707. The SMILES string of the molecule is CCc1ccc(C2/C(=C(/O)c3ccc4c(c3)CCO4)C(=O)C(=O)N2c2ccc(C(C)(C)C)cc2)cc1. The number of rotatable bonds is 4. The zero-order chi connectivity index (χ0) is 25.6. The largest absolute Gasteiger partial charge is 0.507 e. The van der Waals surface area contributed by atoms with Gasteiger partial charge in [0.15, 0.2) is 0 Å². The Hall–Kier alpha value is -3.86. The number of anilines is 1. The number of aliphatic hydroxyl groups excluding tert-OH is 1. The van der Waals surface area contributed by atoms with Crippen molar-refractivity contribution in [1.82, 2.24) is 0 Å². The number of carbonyl (C=O) groups excluding carboxylic acids is 2. The van der Waals surface area contributed by atoms with Crippen molar-refractivity contribution in [1.29, 1.82) is 0 Å². The average molecular weight is 482 g/mol. The van der Waals surface area contributed by atoms with Crippen molar-refractivity contribution in [3.05, 3.63) is 100 Å². The minimum Gasteiger partial charge on any atom is -0.507 e. The summed E-state index contributed by atoms with van der Waals surface area (Å²) in [5, 5.41) is 11.4. The Balaban J connectivity index is 1.66. The van der Waals surface area contributed by atoms with Crippen LogP contribution in [0.3, 0.4) is 0 Å². The number of ether oxygens (including phenoxy) is 1. The van der Waals surface area contributed by atoms with Crippen molar-refractivity contribution in [3.8, 4) is 5.75 Å². The Labute approximate surface area is 212 Å². The third-order valence-corrected chi connectivity index (χ3v) is 7.12. The van der Waals surface area contributed by atoms with Crippen molar-refractivity contribution in [2.75, 3.05) is 11.5 Å². The molecule has 1 amide bonds. The standard InChI is InChI=1S/C31H31NO4/c1-5-19-6-8-20(9-7-19)27-26(28(33)22-10-15-25-21(18-22)16-17-36-25)29(34)30(35)32(27)24-13-11-23(12-14-24)31(2,3)4/h6-15,18,27,33H,5,16-17H2,1-4H3/b28-26-. The van der Waals surface area contributed by atoms with Gasteiger partial charge in [0.25, 0.3) is 11.7 Å². The van der Waals surface area contributed by atoms with Gasteiger partial charge in [0.2, 0.25) is 0 Å². The second-order valence-electron chi connectivity index (χ2n) is 10.5. The van der Waals surface area contributed by atoms with E-state index in [1.54, 1.807) is 6.07 Å². The molecule has 36 heavy (non-hydrogen) atoms. The minimum atomic E-state index is -0.735. The van der Waals surface area contributed by atoms with Gasteiger partial charge in [-0.25, -0.2) is 0 Å². The fourth-order valence-electron chi connectivity index (χ4n) is 4.96. The molecule has 0 aliphatic carbocycles. The lowest BCUT2D eigenvalue weighted by molar-refractivity contribution is -0.132. The molecule has 3 aromatic carbocycles. The molecule has 3 aromatic rings. The normalized spacial score (nSPS) is 18.9. The molecule has 2 aliphatic rings. The van der Waals surface area contributed by atoms with Crippen LogP contribution in [0.4, 0.5) is 5.69 Å². The zero-order valence-corrected chi connectivity index (χ0v) is 21.2. The number of benzene rings is 3. The molecule has 184 valence electrons. The van der Waals surface area contributed by atoms with Crippen LogP contribution in [0.1, 0.15) is 61.6 Å². The van der Waals surface area contributed by atoms with E-state index in [9.17, 15) is 14.7 Å². The van der Waals surface area contributed by atoms with E-state index in [2.05, 4.69) is 27.7 Å². The van der Waals surface area contributed by atoms with Gasteiger partial charge in [0, 0.05) is 17.7 Å². The average Bonchev–Trinajstić information content (AvgIpc) is 3.45. The second-order valence-corrected chi connectivity index (χ2v) is 10.5. The van der Waals surface area contributed by atoms with Gasteiger partial charge < -0.3 is 9.84 Å². The van der Waals surface area contributed by atoms with Crippen molar-refractivity contribution in [2.24, 2.45) is 0 Å². The monoisotopic (exact) mass is 481 g/mol. The number of hydrogen-bond acceptors (Lipinski definition) is 4. The number of Topliss-reactive ketones (excluding diaryl/α,β-unsaturated/α-hetero) is 1. The summed E-state index contributed by atoms with van der Waals surface area (Å²) >= 11 is 0. The number of hydrogen-bond donors (Lipinski definition) is 1. The molecular formula is C31H31NO4. The van der Waals surface area contributed by atoms with Gasteiger partial charge in [-0.2, -0.15) is 0 Å². The number of aliphatic hydroxyl groups is 1. The van der Waals surface area contributed by atoms with E-state index >= 15 is 0 Å². The molecule has 2 heterocycles. The van der Waals surface area contributed by atoms with E-state index < -0.39 is 17.7 Å². The van der Waals surface area contributed by atoms with Gasteiger partial charge in [-0.05, 0) is 64.4 Å². The third-order valence-electron chi connectivity index (χ3n) is 7.12. The molecule has 2 aliphatic heterocycles. The fourth-order valence-corrected chi connectivity index (χ4v) is 4.96. The van der Waals surface area contributed by atoms with Gasteiger partial charge in [-0.3, -0.25) is 14.5 Å². The molecule has 5 heteroatoms. The highest BCUT2D eigenvalue weighted by Crippen LogP contribution is 2.43. The van der Waals surface area contributed by atoms with Crippen LogP contribution in [0.25, 0.3) is 5.76 Å². The molecule has 1 unspecified atom stereocenters. The molecular weight excluding hydrogens is 450 g/mol. The van der Waals surface area contributed by atoms with Crippen LogP contribution in [0.15, 0.2) is 72.3 Å². The van der Waals surface area contributed by atoms with E-state index in [1.165, 1.54) is 4.90 Å². The molecule has 5 nitrogen and oxygen atoms in total. The summed E-state index contributed by atoms with van der Waals surface area (Å²) < 4.78 is 5.59. The van der Waals surface area contributed by atoms with Crippen LogP contribution in [-0.4, -0.2) is 23.4 Å². The van der Waals surface area contributed by atoms with Gasteiger partial charge in [-0.1, -0.05) is 64.1 Å². The van der Waals surface area contributed by atoms with Crippen molar-refractivity contribution >= 4 is 23.1 Å². The molecule has 1 saturated heterocycles. The first-order chi connectivity index (χ1) is 17.2. The molecule has 0 bridgehead atoms. The molecule has 0 saturated carbocycles. The minimum absolute atomic E-state index is 0.0423. The van der Waals surface area contributed by atoms with Crippen LogP contribution >= 0.6 is 0 Å². The van der Waals surface area contributed by atoms with Gasteiger partial charge >= 0.3 is 0 Å². The highest BCUT2D eigenvalue weighted by molar-refractivity contribution is 6.51. The second kappa shape index (κ2) is 8.98. The van der Waals surface area contributed by atoms with Crippen LogP contribution in [0, 0.1) is 0 Å². The molecule has 1 N–H and O–H groups in total. The van der Waals surface area contributed by atoms with Crippen LogP contribution in [-0.2, 0) is 27.8 Å². The number of ketones is 1. The molecule has 0 spiro atoms. The van der Waals surface area contributed by atoms with Crippen molar-refractivity contribution in [3.63, 3.8) is 0 Å². The molecule has 1 fully saturated rings. The Morgan fingerprint density at radius 2 is 1.69 bits per heavy atom. The summed E-state index contributed by atoms with van der Waals surface area (Å²) in [5.41, 5.74) is 5.23. The number of nitrogens with zero attached hydrogens (tertiary/aromatic N) is 1. The fraction of sp³-hybridized carbons (Fsp3) is 0.290. The smallest absolute Gasteiger partial charge is 0.300 e. The Bertz CT molecular complexity index is 1360. The maximum absolute atomic E-state index is 13.4. The number of aryl methyl sites for hydroxylation is 1. The summed E-state index contributed by atoms with van der Waals surface area (Å²) in [4.78, 5) is 28.4. The lowest BCUT2D eigenvalue weighted by Crippen LogP contribution is -2.29. The van der Waals surface area contributed by atoms with Crippen LogP contribution in [0.5, 0.6) is 5.75 Å². The van der Waals surface area contributed by atoms with Gasteiger partial charge in [0.1, 0.15) is 11.5 Å². The number of fused-ring (bicyclic) bond motifs is 1. The van der Waals surface area contributed by atoms with Crippen LogP contribution in [0.2, 0.25) is 0 Å². The van der Waals surface area contributed by atoms with E-state index in [1.807, 2.05) is 60.7 Å². The lowest BCUT2D eigenvalue weighted by Gasteiger charge is -2.27. The van der Waals surface area contributed by atoms with E-state index in [-0.39, 0.29) is 16.7 Å². The summed E-state index contributed by atoms with van der Waals surface area (Å²) in [6, 6.07) is 20.3. The highest BCUT2D eigenvalue weighted by atomic mass is 16.5. The Kier molecular flexibility index (Phi) is 5.95. The zero-order valence-electron chi connectivity index (χ0n) is 21.2. The van der Waals surface area contributed by atoms with E-state index in [0.29, 0.717) is 17.9 Å². The number of carbonyl (C=O) groups is 2. The third kappa shape index (κ3) is 4.09. The Morgan fingerprint density at radius 1 is 1.00 bits per heavy atom. The first-order valence-corrected chi connectivity index (χ1v) is 12.5. The Morgan fingerprint density at radius 3 is 2.33 bits per heavy atom. The summed E-state index contributed by atoms with van der Waals surface area (Å²) in [6.07, 6.45) is 1.62. The first-order valence-electron chi connectivity index (χ1n) is 12.5. The maximum atomic E-state index is 13.4. The molecule has 0 aromatic heterocycles. The molecule has 5 rings (SSSR count). The maximum Gasteiger partial charge on any atom is 0.300 e. The molecule has 0 radical (unpaired) electrons. The molecule has 1 atom stereocenters. The van der Waals surface area contributed by atoms with E-state index in [4.69, 9.17) is 4.74 Å². The van der Waals surface area contributed by atoms with Crippen molar-refractivity contribution < 1.29 is 19.4 Å². The predicted molar refractivity (Wildman–Crippen MR) is 141 cm³/mol. The van der Waals surface area contributed by atoms with Gasteiger partial charge in [-0.15, -0.1) is 0 Å². The summed E-state index contributed by atoms with van der Waals surface area (Å²) in [6.45, 7) is 9.06. The van der Waals surface area contributed by atoms with Crippen molar-refractivity contribution in [2.45, 2.75) is 52.0 Å².